The molecule has 2 heteroatoms. The molecule has 0 bridgehead atoms. The predicted molar refractivity (Wildman–Crippen MR) is 32.1 cm³/mol. The minimum atomic E-state index is 0.860. The summed E-state index contributed by atoms with van der Waals surface area (Å²) in [4.78, 5) is 7.12. The van der Waals surface area contributed by atoms with Crippen LogP contribution in [0.4, 0.5) is 0 Å². The number of nitrogens with one attached hydrogen (secondary N) is 1. The second kappa shape index (κ2) is 1.22. The fraction of sp³-hybridized carbons (Fsp3) is 0.167. The minimum Gasteiger partial charge on any atom is -0.360 e. The number of hydrogen-bond acceptors (Lipinski definition) is 1. The van der Waals surface area contributed by atoms with Gasteiger partial charge in [-0.25, -0.2) is 0 Å². The lowest BCUT2D eigenvalue weighted by Gasteiger charge is -1.78. The highest BCUT2D eigenvalue weighted by molar-refractivity contribution is 5.81. The quantitative estimate of drug-likeness (QED) is 0.510. The van der Waals surface area contributed by atoms with Gasteiger partial charge < -0.3 is 4.98 Å². The third-order valence-electron chi connectivity index (χ3n) is 1.35. The summed E-state index contributed by atoms with van der Waals surface area (Å²) in [6.45, 7) is 0.860. The molecule has 0 aromatic carbocycles. The highest BCUT2D eigenvalue weighted by atomic mass is 14.8. The summed E-state index contributed by atoms with van der Waals surface area (Å²) >= 11 is 0. The van der Waals surface area contributed by atoms with E-state index >= 15 is 0 Å². The van der Waals surface area contributed by atoms with Gasteiger partial charge in [-0.2, -0.15) is 0 Å². The molecule has 0 amide bonds. The van der Waals surface area contributed by atoms with Crippen molar-refractivity contribution in [2.45, 2.75) is 6.54 Å². The van der Waals surface area contributed by atoms with Crippen LogP contribution in [0.1, 0.15) is 11.3 Å². The lowest BCUT2D eigenvalue weighted by molar-refractivity contribution is 1.12. The van der Waals surface area contributed by atoms with Crippen LogP contribution in [0.2, 0.25) is 0 Å². The number of aromatic amines is 1. The third kappa shape index (κ3) is 0.346. The molecule has 1 aromatic rings. The lowest BCUT2D eigenvalue weighted by atomic mass is 10.3. The van der Waals surface area contributed by atoms with E-state index in [1.807, 2.05) is 12.4 Å². The summed E-state index contributed by atoms with van der Waals surface area (Å²) in [6, 6.07) is 2.06. The average Bonchev–Trinajstić information content (AvgIpc) is 2.15. The molecule has 2 heterocycles. The Labute approximate surface area is 47.3 Å². The molecule has 0 atom stereocenters. The SMILES string of the molecule is C1=NCc2cc[nH]c21. The molecule has 0 saturated carbocycles. The second-order valence-corrected chi connectivity index (χ2v) is 1.89. The van der Waals surface area contributed by atoms with Gasteiger partial charge in [0.25, 0.3) is 0 Å². The molecule has 0 unspecified atom stereocenters. The zero-order valence-corrected chi connectivity index (χ0v) is 4.39. The Morgan fingerprint density at radius 1 is 1.62 bits per heavy atom. The molecule has 0 radical (unpaired) electrons. The maximum atomic E-state index is 4.06. The largest absolute Gasteiger partial charge is 0.360 e. The molecule has 0 spiro atoms. The molecule has 8 heavy (non-hydrogen) atoms. The number of H-pyrrole nitrogens is 1. The number of nitrogens with zero attached hydrogens (tertiary/aromatic N) is 1. The Morgan fingerprint density at radius 2 is 2.62 bits per heavy atom. The molecule has 0 fully saturated rings. The van der Waals surface area contributed by atoms with Crippen molar-refractivity contribution in [3.05, 3.63) is 23.5 Å². The minimum absolute atomic E-state index is 0.860. The molecule has 2 nitrogen and oxygen atoms in total. The van der Waals surface area contributed by atoms with E-state index in [-0.39, 0.29) is 0 Å². The van der Waals surface area contributed by atoms with Gasteiger partial charge in [0.1, 0.15) is 0 Å². The van der Waals surface area contributed by atoms with Gasteiger partial charge in [0, 0.05) is 12.4 Å². The van der Waals surface area contributed by atoms with Crippen LogP contribution in [0, 0.1) is 0 Å². The average molecular weight is 106 g/mol. The maximum Gasteiger partial charge on any atom is 0.0662 e. The van der Waals surface area contributed by atoms with E-state index in [0.29, 0.717) is 0 Å². The van der Waals surface area contributed by atoms with Crippen molar-refractivity contribution in [3.8, 4) is 0 Å². The zero-order chi connectivity index (χ0) is 5.40. The van der Waals surface area contributed by atoms with Gasteiger partial charge in [-0.15, -0.1) is 0 Å². The van der Waals surface area contributed by atoms with E-state index in [0.717, 1.165) is 6.54 Å². The summed E-state index contributed by atoms with van der Waals surface area (Å²) in [5, 5.41) is 0. The first-order chi connectivity index (χ1) is 3.97. The van der Waals surface area contributed by atoms with E-state index in [1.54, 1.807) is 0 Å². The van der Waals surface area contributed by atoms with Crippen molar-refractivity contribution in [1.29, 1.82) is 0 Å². The van der Waals surface area contributed by atoms with Crippen LogP contribution in [-0.2, 0) is 6.54 Å². The van der Waals surface area contributed by atoms with Crippen molar-refractivity contribution in [3.63, 3.8) is 0 Å². The molecule has 40 valence electrons. The third-order valence-corrected chi connectivity index (χ3v) is 1.35. The number of fused-ring (bicyclic) bond motifs is 1. The van der Waals surface area contributed by atoms with Crippen molar-refractivity contribution in [2.75, 3.05) is 0 Å². The predicted octanol–water partition coefficient (Wildman–Crippen LogP) is 0.947. The fourth-order valence-electron chi connectivity index (χ4n) is 0.908. The summed E-state index contributed by atoms with van der Waals surface area (Å²) in [6.07, 6.45) is 3.81. The van der Waals surface area contributed by atoms with Gasteiger partial charge in [0.2, 0.25) is 0 Å². The van der Waals surface area contributed by atoms with Gasteiger partial charge in [0.15, 0.2) is 0 Å². The monoisotopic (exact) mass is 106 g/mol. The van der Waals surface area contributed by atoms with Crippen LogP contribution in [0.25, 0.3) is 0 Å². The van der Waals surface area contributed by atoms with E-state index in [1.165, 1.54) is 11.3 Å². The number of rotatable bonds is 0. The van der Waals surface area contributed by atoms with E-state index in [4.69, 9.17) is 0 Å². The standard InChI is InChI=1S/C6H6N2/c1-2-8-6-4-7-3-5(1)6/h1-2,4,8H,3H2. The highest BCUT2D eigenvalue weighted by Gasteiger charge is 2.03. The summed E-state index contributed by atoms with van der Waals surface area (Å²) in [5.41, 5.74) is 2.48. The Balaban J connectivity index is 2.67. The summed E-state index contributed by atoms with van der Waals surface area (Å²) in [7, 11) is 0. The molecule has 0 saturated heterocycles. The number of aromatic nitrogens is 1. The first kappa shape index (κ1) is 3.89. The van der Waals surface area contributed by atoms with Gasteiger partial charge in [-0.3, -0.25) is 4.99 Å². The van der Waals surface area contributed by atoms with Crippen LogP contribution >= 0.6 is 0 Å². The van der Waals surface area contributed by atoms with Gasteiger partial charge in [0.05, 0.1) is 12.2 Å². The number of aliphatic imine (C=N–C) groups is 1. The molecule has 0 aliphatic carbocycles. The molecule has 1 N–H and O–H groups in total. The van der Waals surface area contributed by atoms with Gasteiger partial charge in [-0.1, -0.05) is 0 Å². The zero-order valence-electron chi connectivity index (χ0n) is 4.39. The normalized spacial score (nSPS) is 14.5. The number of hydrogen-bond donors (Lipinski definition) is 1. The lowest BCUT2D eigenvalue weighted by Crippen LogP contribution is -1.75. The van der Waals surface area contributed by atoms with Crippen molar-refractivity contribution < 1.29 is 0 Å². The van der Waals surface area contributed by atoms with E-state index in [2.05, 4.69) is 16.0 Å². The van der Waals surface area contributed by atoms with Crippen LogP contribution in [0.15, 0.2) is 17.3 Å². The highest BCUT2D eigenvalue weighted by Crippen LogP contribution is 2.10. The topological polar surface area (TPSA) is 28.1 Å². The summed E-state index contributed by atoms with van der Waals surface area (Å²) in [5.74, 6) is 0. The maximum absolute atomic E-state index is 4.06. The van der Waals surface area contributed by atoms with Crippen molar-refractivity contribution in [2.24, 2.45) is 4.99 Å². The van der Waals surface area contributed by atoms with Crippen molar-refractivity contribution >= 4 is 6.21 Å². The van der Waals surface area contributed by atoms with Crippen molar-refractivity contribution in [1.82, 2.24) is 4.98 Å². The van der Waals surface area contributed by atoms with Crippen LogP contribution in [0.5, 0.6) is 0 Å². The summed E-state index contributed by atoms with van der Waals surface area (Å²) < 4.78 is 0. The van der Waals surface area contributed by atoms with Gasteiger partial charge in [-0.05, 0) is 11.6 Å². The van der Waals surface area contributed by atoms with Crippen LogP contribution < -0.4 is 0 Å². The molecular formula is C6H6N2. The van der Waals surface area contributed by atoms with Crippen LogP contribution in [0.3, 0.4) is 0 Å². The Bertz CT molecular complexity index is 222. The molecule has 1 aliphatic heterocycles. The Kier molecular flexibility index (Phi) is 0.592. The van der Waals surface area contributed by atoms with Crippen LogP contribution in [-0.4, -0.2) is 11.2 Å². The second-order valence-electron chi connectivity index (χ2n) is 1.89. The Morgan fingerprint density at radius 3 is 3.50 bits per heavy atom. The first-order valence-electron chi connectivity index (χ1n) is 2.63. The van der Waals surface area contributed by atoms with E-state index in [9.17, 15) is 0 Å². The van der Waals surface area contributed by atoms with E-state index < -0.39 is 0 Å². The molecule has 1 aliphatic rings. The Hall–Kier alpha value is -1.05. The molecule has 1 aromatic heterocycles. The first-order valence-corrected chi connectivity index (χ1v) is 2.63. The molecule has 2 rings (SSSR count). The van der Waals surface area contributed by atoms with Gasteiger partial charge >= 0.3 is 0 Å². The fourth-order valence-corrected chi connectivity index (χ4v) is 0.908. The smallest absolute Gasteiger partial charge is 0.0662 e. The molecular weight excluding hydrogens is 100 g/mol.